The van der Waals surface area contributed by atoms with Gasteiger partial charge in [-0.05, 0) is 30.9 Å². The van der Waals surface area contributed by atoms with E-state index >= 15 is 0 Å². The summed E-state index contributed by atoms with van der Waals surface area (Å²) in [5.41, 5.74) is 7.49. The SMILES string of the molecule is CCn1nccc1C1C(CN)C1(C)C. The molecule has 78 valence electrons. The molecule has 1 aromatic rings. The first kappa shape index (κ1) is 9.71. The smallest absolute Gasteiger partial charge is 0.0492 e. The van der Waals surface area contributed by atoms with E-state index in [1.807, 2.05) is 6.20 Å². The van der Waals surface area contributed by atoms with E-state index in [1.165, 1.54) is 5.69 Å². The maximum atomic E-state index is 5.77. The second-order valence-corrected chi connectivity index (χ2v) is 4.71. The maximum Gasteiger partial charge on any atom is 0.0492 e. The minimum Gasteiger partial charge on any atom is -0.330 e. The number of aryl methyl sites for hydroxylation is 1. The van der Waals surface area contributed by atoms with Crippen molar-refractivity contribution in [3.05, 3.63) is 18.0 Å². The molecular weight excluding hydrogens is 174 g/mol. The van der Waals surface area contributed by atoms with Crippen LogP contribution in [0.1, 0.15) is 32.4 Å². The fourth-order valence-corrected chi connectivity index (χ4v) is 2.64. The third-order valence-electron chi connectivity index (χ3n) is 3.67. The van der Waals surface area contributed by atoms with Gasteiger partial charge in [0.05, 0.1) is 0 Å². The monoisotopic (exact) mass is 193 g/mol. The molecule has 2 atom stereocenters. The Bertz CT molecular complexity index is 327. The second-order valence-electron chi connectivity index (χ2n) is 4.71. The van der Waals surface area contributed by atoms with Crippen molar-refractivity contribution in [3.63, 3.8) is 0 Å². The summed E-state index contributed by atoms with van der Waals surface area (Å²) in [5.74, 6) is 1.24. The highest BCUT2D eigenvalue weighted by Crippen LogP contribution is 2.63. The van der Waals surface area contributed by atoms with Crippen LogP contribution in [0.25, 0.3) is 0 Å². The summed E-state index contributed by atoms with van der Waals surface area (Å²) < 4.78 is 2.09. The standard InChI is InChI=1S/C11H19N3/c1-4-14-9(5-6-13-14)10-8(7-12)11(10,2)3/h5-6,8,10H,4,7,12H2,1-3H3. The summed E-state index contributed by atoms with van der Waals surface area (Å²) in [4.78, 5) is 0. The molecule has 2 unspecified atom stereocenters. The minimum absolute atomic E-state index is 0.363. The maximum absolute atomic E-state index is 5.77. The summed E-state index contributed by atoms with van der Waals surface area (Å²) in [7, 11) is 0. The fraction of sp³-hybridized carbons (Fsp3) is 0.727. The molecule has 3 heteroatoms. The van der Waals surface area contributed by atoms with Crippen LogP contribution in [-0.4, -0.2) is 16.3 Å². The highest BCUT2D eigenvalue weighted by molar-refractivity contribution is 5.26. The highest BCUT2D eigenvalue weighted by atomic mass is 15.3. The first-order valence-corrected chi connectivity index (χ1v) is 5.34. The molecule has 2 N–H and O–H groups in total. The summed E-state index contributed by atoms with van der Waals surface area (Å²) >= 11 is 0. The van der Waals surface area contributed by atoms with Crippen molar-refractivity contribution in [3.8, 4) is 0 Å². The van der Waals surface area contributed by atoms with Crippen molar-refractivity contribution in [1.82, 2.24) is 9.78 Å². The van der Waals surface area contributed by atoms with Crippen LogP contribution < -0.4 is 5.73 Å². The normalized spacial score (nSPS) is 29.1. The van der Waals surface area contributed by atoms with Crippen molar-refractivity contribution >= 4 is 0 Å². The zero-order chi connectivity index (χ0) is 10.3. The zero-order valence-corrected chi connectivity index (χ0v) is 9.20. The number of rotatable bonds is 3. The molecule has 1 aliphatic rings. The molecule has 2 rings (SSSR count). The van der Waals surface area contributed by atoms with Crippen molar-refractivity contribution in [1.29, 1.82) is 0 Å². The van der Waals surface area contributed by atoms with E-state index < -0.39 is 0 Å². The van der Waals surface area contributed by atoms with Crippen LogP contribution in [0.5, 0.6) is 0 Å². The first-order chi connectivity index (χ1) is 6.62. The van der Waals surface area contributed by atoms with Crippen LogP contribution >= 0.6 is 0 Å². The molecule has 1 aliphatic carbocycles. The van der Waals surface area contributed by atoms with Gasteiger partial charge < -0.3 is 5.73 Å². The van der Waals surface area contributed by atoms with Gasteiger partial charge in [-0.1, -0.05) is 13.8 Å². The van der Waals surface area contributed by atoms with Crippen LogP contribution in [0.3, 0.4) is 0 Å². The molecule has 14 heavy (non-hydrogen) atoms. The Balaban J connectivity index is 2.26. The first-order valence-electron chi connectivity index (χ1n) is 5.34. The van der Waals surface area contributed by atoms with Crippen LogP contribution in [0.4, 0.5) is 0 Å². The molecule has 0 radical (unpaired) electrons. The van der Waals surface area contributed by atoms with Gasteiger partial charge in [-0.15, -0.1) is 0 Å². The Morgan fingerprint density at radius 1 is 1.57 bits per heavy atom. The van der Waals surface area contributed by atoms with Gasteiger partial charge in [0.25, 0.3) is 0 Å². The van der Waals surface area contributed by atoms with E-state index in [-0.39, 0.29) is 0 Å². The molecule has 1 heterocycles. The molecule has 0 aliphatic heterocycles. The summed E-state index contributed by atoms with van der Waals surface area (Å²) in [6.45, 7) is 8.45. The Kier molecular flexibility index (Phi) is 2.14. The minimum atomic E-state index is 0.363. The van der Waals surface area contributed by atoms with Crippen molar-refractivity contribution in [2.24, 2.45) is 17.1 Å². The third kappa shape index (κ3) is 1.19. The van der Waals surface area contributed by atoms with Crippen molar-refractivity contribution in [2.75, 3.05) is 6.54 Å². The fourth-order valence-electron chi connectivity index (χ4n) is 2.64. The molecule has 0 amide bonds. The zero-order valence-electron chi connectivity index (χ0n) is 9.20. The Morgan fingerprint density at radius 3 is 2.79 bits per heavy atom. The van der Waals surface area contributed by atoms with E-state index in [1.54, 1.807) is 0 Å². The van der Waals surface area contributed by atoms with Gasteiger partial charge in [0.2, 0.25) is 0 Å². The largest absolute Gasteiger partial charge is 0.330 e. The molecule has 0 aromatic carbocycles. The van der Waals surface area contributed by atoms with E-state index in [0.717, 1.165) is 13.1 Å². The van der Waals surface area contributed by atoms with Gasteiger partial charge in [-0.3, -0.25) is 4.68 Å². The predicted molar refractivity (Wildman–Crippen MR) is 57.0 cm³/mol. The Morgan fingerprint density at radius 2 is 2.29 bits per heavy atom. The lowest BCUT2D eigenvalue weighted by Crippen LogP contribution is -2.06. The molecule has 1 fully saturated rings. The van der Waals surface area contributed by atoms with Gasteiger partial charge in [-0.2, -0.15) is 5.10 Å². The Labute approximate surface area is 85.3 Å². The summed E-state index contributed by atoms with van der Waals surface area (Å²) in [6.07, 6.45) is 1.89. The van der Waals surface area contributed by atoms with Crippen LogP contribution in [0, 0.1) is 11.3 Å². The summed E-state index contributed by atoms with van der Waals surface area (Å²) in [5, 5.41) is 4.31. The number of hydrogen-bond acceptors (Lipinski definition) is 2. The lowest BCUT2D eigenvalue weighted by Gasteiger charge is -2.05. The van der Waals surface area contributed by atoms with Crippen LogP contribution in [-0.2, 0) is 6.54 Å². The molecule has 0 saturated heterocycles. The van der Waals surface area contributed by atoms with Crippen LogP contribution in [0.2, 0.25) is 0 Å². The lowest BCUT2D eigenvalue weighted by atomic mass is 10.1. The van der Waals surface area contributed by atoms with Gasteiger partial charge in [-0.25, -0.2) is 0 Å². The summed E-state index contributed by atoms with van der Waals surface area (Å²) in [6, 6.07) is 2.13. The topological polar surface area (TPSA) is 43.8 Å². The van der Waals surface area contributed by atoms with Gasteiger partial charge in [0.1, 0.15) is 0 Å². The van der Waals surface area contributed by atoms with E-state index in [4.69, 9.17) is 5.73 Å². The Hall–Kier alpha value is -0.830. The van der Waals surface area contributed by atoms with E-state index in [2.05, 4.69) is 36.6 Å². The van der Waals surface area contributed by atoms with Crippen molar-refractivity contribution < 1.29 is 0 Å². The average molecular weight is 193 g/mol. The molecule has 0 spiro atoms. The molecular formula is C11H19N3. The number of hydrogen-bond donors (Lipinski definition) is 1. The molecule has 1 saturated carbocycles. The lowest BCUT2D eigenvalue weighted by molar-refractivity contribution is 0.546. The molecule has 0 bridgehead atoms. The molecule has 3 nitrogen and oxygen atoms in total. The quantitative estimate of drug-likeness (QED) is 0.792. The number of nitrogens with zero attached hydrogens (tertiary/aromatic N) is 2. The second kappa shape index (κ2) is 3.09. The van der Waals surface area contributed by atoms with Crippen molar-refractivity contribution in [2.45, 2.75) is 33.2 Å². The number of nitrogens with two attached hydrogens (primary N) is 1. The molecule has 1 aromatic heterocycles. The van der Waals surface area contributed by atoms with Gasteiger partial charge in [0.15, 0.2) is 0 Å². The van der Waals surface area contributed by atoms with E-state index in [0.29, 0.717) is 17.3 Å². The highest BCUT2D eigenvalue weighted by Gasteiger charge is 2.58. The predicted octanol–water partition coefficient (Wildman–Crippen LogP) is 1.60. The van der Waals surface area contributed by atoms with Crippen LogP contribution in [0.15, 0.2) is 12.3 Å². The van der Waals surface area contributed by atoms with E-state index in [9.17, 15) is 0 Å². The van der Waals surface area contributed by atoms with Gasteiger partial charge in [0, 0.05) is 24.4 Å². The number of aromatic nitrogens is 2. The average Bonchev–Trinajstić information content (AvgIpc) is 2.55. The van der Waals surface area contributed by atoms with Gasteiger partial charge >= 0.3 is 0 Å². The third-order valence-corrected chi connectivity index (χ3v) is 3.67.